The standard InChI is InChI=1S/C24H28ClN5O2/c1-2-32-24(31)23-22(26-28-27-23)17-30(16-18-6-4-3-5-7-18)21-12-14-29(15-13-21)20-10-8-19(25)9-11-20/h3-11,21H,2,12-17H2,1H3,(H,26,27,28). The molecule has 1 aliphatic rings. The highest BCUT2D eigenvalue weighted by Gasteiger charge is 2.28. The molecule has 2 aromatic carbocycles. The van der Waals surface area contributed by atoms with E-state index in [1.165, 1.54) is 11.3 Å². The fourth-order valence-electron chi connectivity index (χ4n) is 4.19. The van der Waals surface area contributed by atoms with Gasteiger partial charge in [-0.15, -0.1) is 5.10 Å². The Morgan fingerprint density at radius 2 is 1.81 bits per heavy atom. The predicted octanol–water partition coefficient (Wildman–Crippen LogP) is 4.31. The van der Waals surface area contributed by atoms with Gasteiger partial charge < -0.3 is 9.64 Å². The lowest BCUT2D eigenvalue weighted by Gasteiger charge is -2.39. The van der Waals surface area contributed by atoms with E-state index in [1.807, 2.05) is 18.2 Å². The van der Waals surface area contributed by atoms with Crippen LogP contribution in [0.25, 0.3) is 0 Å². The molecule has 0 spiro atoms. The van der Waals surface area contributed by atoms with Crippen molar-refractivity contribution in [2.75, 3.05) is 24.6 Å². The Hall–Kier alpha value is -2.90. The smallest absolute Gasteiger partial charge is 0.360 e. The van der Waals surface area contributed by atoms with Crippen molar-refractivity contribution in [3.63, 3.8) is 0 Å². The van der Waals surface area contributed by atoms with Crippen LogP contribution in [0.15, 0.2) is 54.6 Å². The van der Waals surface area contributed by atoms with Crippen molar-refractivity contribution in [3.05, 3.63) is 76.6 Å². The number of ether oxygens (including phenoxy) is 1. The number of aromatic nitrogens is 3. The van der Waals surface area contributed by atoms with E-state index >= 15 is 0 Å². The minimum Gasteiger partial charge on any atom is -0.461 e. The van der Waals surface area contributed by atoms with Gasteiger partial charge in [-0.05, 0) is 49.6 Å². The summed E-state index contributed by atoms with van der Waals surface area (Å²) < 4.78 is 5.15. The molecule has 0 unspecified atom stereocenters. The molecular weight excluding hydrogens is 426 g/mol. The van der Waals surface area contributed by atoms with Crippen LogP contribution in [0.3, 0.4) is 0 Å². The maximum atomic E-state index is 12.3. The molecule has 7 nitrogen and oxygen atoms in total. The summed E-state index contributed by atoms with van der Waals surface area (Å²) in [6, 6.07) is 18.8. The molecule has 0 amide bonds. The fraction of sp³-hybridized carbons (Fsp3) is 0.375. The molecule has 0 aliphatic carbocycles. The number of carbonyl (C=O) groups is 1. The van der Waals surface area contributed by atoms with Gasteiger partial charge in [-0.3, -0.25) is 4.90 Å². The summed E-state index contributed by atoms with van der Waals surface area (Å²) in [5.74, 6) is -0.437. The van der Waals surface area contributed by atoms with E-state index in [2.05, 4.69) is 61.6 Å². The maximum absolute atomic E-state index is 12.3. The first-order chi connectivity index (χ1) is 15.6. The highest BCUT2D eigenvalue weighted by Crippen LogP contribution is 2.26. The van der Waals surface area contributed by atoms with Crippen LogP contribution < -0.4 is 4.90 Å². The van der Waals surface area contributed by atoms with Crippen LogP contribution >= 0.6 is 11.6 Å². The Kier molecular flexibility index (Phi) is 7.39. The predicted molar refractivity (Wildman–Crippen MR) is 125 cm³/mol. The van der Waals surface area contributed by atoms with Crippen molar-refractivity contribution in [2.24, 2.45) is 0 Å². The van der Waals surface area contributed by atoms with Gasteiger partial charge in [-0.1, -0.05) is 41.9 Å². The van der Waals surface area contributed by atoms with E-state index in [9.17, 15) is 4.79 Å². The lowest BCUT2D eigenvalue weighted by atomic mass is 10.0. The number of H-pyrrole nitrogens is 1. The summed E-state index contributed by atoms with van der Waals surface area (Å²) in [6.07, 6.45) is 2.03. The first-order valence-corrected chi connectivity index (χ1v) is 11.4. The molecule has 0 bridgehead atoms. The summed E-state index contributed by atoms with van der Waals surface area (Å²) in [6.45, 7) is 5.32. The number of nitrogens with one attached hydrogen (secondary N) is 1. The van der Waals surface area contributed by atoms with Gasteiger partial charge in [-0.25, -0.2) is 4.79 Å². The SMILES string of the molecule is CCOC(=O)c1n[nH]nc1CN(Cc1ccccc1)C1CCN(c2ccc(Cl)cc2)CC1. The second-order valence-electron chi connectivity index (χ2n) is 7.92. The molecule has 3 aromatic rings. The Morgan fingerprint density at radius 3 is 2.50 bits per heavy atom. The van der Waals surface area contributed by atoms with Gasteiger partial charge in [0.05, 0.1) is 6.61 Å². The maximum Gasteiger partial charge on any atom is 0.360 e. The summed E-state index contributed by atoms with van der Waals surface area (Å²) in [4.78, 5) is 17.1. The van der Waals surface area contributed by atoms with Gasteiger partial charge in [-0.2, -0.15) is 10.3 Å². The van der Waals surface area contributed by atoms with Crippen LogP contribution in [-0.2, 0) is 17.8 Å². The number of hydrogen-bond donors (Lipinski definition) is 1. The summed E-state index contributed by atoms with van der Waals surface area (Å²) in [7, 11) is 0. The zero-order chi connectivity index (χ0) is 22.3. The molecule has 168 valence electrons. The van der Waals surface area contributed by atoms with E-state index in [-0.39, 0.29) is 5.69 Å². The highest BCUT2D eigenvalue weighted by molar-refractivity contribution is 6.30. The molecule has 0 saturated carbocycles. The zero-order valence-corrected chi connectivity index (χ0v) is 19.0. The topological polar surface area (TPSA) is 74.3 Å². The van der Waals surface area contributed by atoms with Gasteiger partial charge in [0.25, 0.3) is 0 Å². The number of carbonyl (C=O) groups excluding carboxylic acids is 1. The van der Waals surface area contributed by atoms with Crippen LogP contribution in [0.1, 0.15) is 41.5 Å². The first kappa shape index (κ1) is 22.3. The van der Waals surface area contributed by atoms with Crippen LogP contribution in [0.4, 0.5) is 5.69 Å². The normalized spacial score (nSPS) is 14.7. The van der Waals surface area contributed by atoms with Crippen molar-refractivity contribution in [1.82, 2.24) is 20.3 Å². The average Bonchev–Trinajstić information content (AvgIpc) is 3.29. The molecule has 0 atom stereocenters. The minimum atomic E-state index is -0.437. The second kappa shape index (κ2) is 10.6. The van der Waals surface area contributed by atoms with Crippen LogP contribution in [0.2, 0.25) is 5.02 Å². The van der Waals surface area contributed by atoms with Crippen molar-refractivity contribution in [3.8, 4) is 0 Å². The average molecular weight is 454 g/mol. The van der Waals surface area contributed by atoms with E-state index in [4.69, 9.17) is 16.3 Å². The molecular formula is C24H28ClN5O2. The van der Waals surface area contributed by atoms with E-state index in [0.717, 1.165) is 37.5 Å². The highest BCUT2D eigenvalue weighted by atomic mass is 35.5. The largest absolute Gasteiger partial charge is 0.461 e. The molecule has 2 heterocycles. The molecule has 8 heteroatoms. The third-order valence-corrected chi connectivity index (χ3v) is 6.09. The van der Waals surface area contributed by atoms with Gasteiger partial charge >= 0.3 is 5.97 Å². The van der Waals surface area contributed by atoms with Crippen molar-refractivity contribution >= 4 is 23.3 Å². The number of aromatic amines is 1. The molecule has 1 aliphatic heterocycles. The van der Waals surface area contributed by atoms with Crippen molar-refractivity contribution in [1.29, 1.82) is 0 Å². The molecule has 1 N–H and O–H groups in total. The number of rotatable bonds is 8. The van der Waals surface area contributed by atoms with Gasteiger partial charge in [0, 0.05) is 42.9 Å². The third-order valence-electron chi connectivity index (χ3n) is 5.84. The summed E-state index contributed by atoms with van der Waals surface area (Å²) >= 11 is 6.04. The monoisotopic (exact) mass is 453 g/mol. The molecule has 1 aromatic heterocycles. The second-order valence-corrected chi connectivity index (χ2v) is 8.36. The van der Waals surface area contributed by atoms with Crippen molar-refractivity contribution < 1.29 is 9.53 Å². The number of nitrogens with zero attached hydrogens (tertiary/aromatic N) is 4. The Labute approximate surface area is 193 Å². The lowest BCUT2D eigenvalue weighted by molar-refractivity contribution is 0.0515. The van der Waals surface area contributed by atoms with E-state index in [0.29, 0.717) is 24.9 Å². The van der Waals surface area contributed by atoms with E-state index < -0.39 is 5.97 Å². The van der Waals surface area contributed by atoms with Gasteiger partial charge in [0.1, 0.15) is 5.69 Å². The Balaban J connectivity index is 1.49. The molecule has 4 rings (SSSR count). The molecule has 0 radical (unpaired) electrons. The first-order valence-electron chi connectivity index (χ1n) is 11.0. The minimum absolute atomic E-state index is 0.267. The van der Waals surface area contributed by atoms with Crippen LogP contribution in [0.5, 0.6) is 0 Å². The fourth-order valence-corrected chi connectivity index (χ4v) is 4.32. The number of halogens is 1. The Morgan fingerprint density at radius 1 is 1.09 bits per heavy atom. The third kappa shape index (κ3) is 5.47. The lowest BCUT2D eigenvalue weighted by Crippen LogP contribution is -2.44. The molecule has 32 heavy (non-hydrogen) atoms. The number of piperidine rings is 1. The van der Waals surface area contributed by atoms with Crippen molar-refractivity contribution in [2.45, 2.75) is 38.9 Å². The number of anilines is 1. The number of hydrogen-bond acceptors (Lipinski definition) is 6. The molecule has 1 saturated heterocycles. The number of benzene rings is 2. The Bertz CT molecular complexity index is 1000. The van der Waals surface area contributed by atoms with Crippen LogP contribution in [0, 0.1) is 0 Å². The summed E-state index contributed by atoms with van der Waals surface area (Å²) in [5, 5.41) is 11.7. The van der Waals surface area contributed by atoms with Gasteiger partial charge in [0.15, 0.2) is 5.69 Å². The molecule has 1 fully saturated rings. The number of esters is 1. The summed E-state index contributed by atoms with van der Waals surface area (Å²) in [5.41, 5.74) is 3.32. The quantitative estimate of drug-likeness (QED) is 0.512. The van der Waals surface area contributed by atoms with E-state index in [1.54, 1.807) is 6.92 Å². The zero-order valence-electron chi connectivity index (χ0n) is 18.2. The van der Waals surface area contributed by atoms with Gasteiger partial charge in [0.2, 0.25) is 0 Å². The van der Waals surface area contributed by atoms with Crippen LogP contribution in [-0.4, -0.2) is 52.0 Å².